The van der Waals surface area contributed by atoms with Crippen molar-refractivity contribution in [2.75, 3.05) is 0 Å². The Labute approximate surface area is 107 Å². The van der Waals surface area contributed by atoms with Crippen molar-refractivity contribution in [2.24, 2.45) is 0 Å². The normalized spacial score (nSPS) is 13.4. The van der Waals surface area contributed by atoms with E-state index in [1.54, 1.807) is 0 Å². The molecule has 1 unspecified atom stereocenters. The summed E-state index contributed by atoms with van der Waals surface area (Å²) in [6.07, 6.45) is 1.09. The molecule has 0 spiro atoms. The molecule has 0 saturated heterocycles. The topological polar surface area (TPSA) is 77.2 Å². The Kier molecular flexibility index (Phi) is 4.84. The van der Waals surface area contributed by atoms with Crippen molar-refractivity contribution in [1.82, 2.24) is 15.5 Å². The maximum atomic E-state index is 11.1. The minimum atomic E-state index is -0.649. The van der Waals surface area contributed by atoms with Gasteiger partial charge in [0.15, 0.2) is 5.82 Å². The average molecular weight is 255 g/mol. The highest BCUT2D eigenvalue weighted by Gasteiger charge is 2.27. The molecule has 1 rings (SSSR count). The molecule has 0 bridgehead atoms. The molecule has 1 atom stereocenters. The quantitative estimate of drug-likeness (QED) is 0.838. The van der Waals surface area contributed by atoms with Gasteiger partial charge < -0.3 is 14.6 Å². The third kappa shape index (κ3) is 4.10. The van der Waals surface area contributed by atoms with Gasteiger partial charge in [-0.3, -0.25) is 4.79 Å². The summed E-state index contributed by atoms with van der Waals surface area (Å²) in [4.78, 5) is 15.3. The monoisotopic (exact) mass is 255 g/mol. The van der Waals surface area contributed by atoms with Crippen LogP contribution in [0.5, 0.6) is 0 Å². The maximum Gasteiger partial charge on any atom is 0.252 e. The van der Waals surface area contributed by atoms with Crippen molar-refractivity contribution in [2.45, 2.75) is 59.3 Å². The predicted molar refractivity (Wildman–Crippen MR) is 65.7 cm³/mol. The number of nitrogens with zero attached hydrogens (tertiary/aromatic N) is 2. The van der Waals surface area contributed by atoms with Gasteiger partial charge in [-0.2, -0.15) is 4.98 Å². The van der Waals surface area contributed by atoms with Crippen LogP contribution in [0.15, 0.2) is 4.52 Å². The first kappa shape index (κ1) is 14.6. The summed E-state index contributed by atoms with van der Waals surface area (Å²) in [5.74, 6) is 0.728. The summed E-state index contributed by atoms with van der Waals surface area (Å²) in [6, 6.07) is 0. The van der Waals surface area contributed by atoms with E-state index >= 15 is 0 Å². The van der Waals surface area contributed by atoms with Gasteiger partial charge >= 0.3 is 0 Å². The molecule has 6 heteroatoms. The summed E-state index contributed by atoms with van der Waals surface area (Å²) in [6.45, 7) is 9.41. The SMILES string of the molecule is CCC(C)OCc1nc(C(C)(C)NC(C)=O)no1. The van der Waals surface area contributed by atoms with Crippen LogP contribution in [-0.2, 0) is 21.7 Å². The minimum Gasteiger partial charge on any atom is -0.369 e. The second-order valence-corrected chi connectivity index (χ2v) is 4.85. The molecule has 1 aromatic rings. The Hall–Kier alpha value is -1.43. The van der Waals surface area contributed by atoms with Crippen LogP contribution in [0.3, 0.4) is 0 Å². The van der Waals surface area contributed by atoms with Crippen LogP contribution in [0.25, 0.3) is 0 Å². The molecule has 1 heterocycles. The lowest BCUT2D eigenvalue weighted by Crippen LogP contribution is -2.40. The molecular weight excluding hydrogens is 234 g/mol. The van der Waals surface area contributed by atoms with E-state index in [0.717, 1.165) is 6.42 Å². The highest BCUT2D eigenvalue weighted by atomic mass is 16.5. The number of ether oxygens (including phenoxy) is 1. The van der Waals surface area contributed by atoms with Gasteiger partial charge in [-0.15, -0.1) is 0 Å². The molecule has 102 valence electrons. The molecule has 0 aliphatic heterocycles. The zero-order valence-electron chi connectivity index (χ0n) is 11.6. The van der Waals surface area contributed by atoms with Gasteiger partial charge in [0.1, 0.15) is 6.61 Å². The molecule has 1 amide bonds. The number of hydrogen-bond donors (Lipinski definition) is 1. The highest BCUT2D eigenvalue weighted by Crippen LogP contribution is 2.17. The first-order valence-electron chi connectivity index (χ1n) is 6.08. The Bertz CT molecular complexity index is 401. The summed E-state index contributed by atoms with van der Waals surface area (Å²) in [5.41, 5.74) is -0.649. The summed E-state index contributed by atoms with van der Waals surface area (Å²) < 4.78 is 10.6. The van der Waals surface area contributed by atoms with Crippen LogP contribution < -0.4 is 5.32 Å². The first-order chi connectivity index (χ1) is 8.35. The summed E-state index contributed by atoms with van der Waals surface area (Å²) >= 11 is 0. The van der Waals surface area contributed by atoms with E-state index in [1.165, 1.54) is 6.92 Å². The number of amides is 1. The number of hydrogen-bond acceptors (Lipinski definition) is 5. The van der Waals surface area contributed by atoms with Crippen molar-refractivity contribution >= 4 is 5.91 Å². The molecule has 1 N–H and O–H groups in total. The molecule has 0 aromatic carbocycles. The standard InChI is InChI=1S/C12H21N3O3/c1-6-8(2)17-7-10-13-11(15-18-10)12(4,5)14-9(3)16/h8H,6-7H2,1-5H3,(H,14,16). The third-order valence-electron chi connectivity index (χ3n) is 2.58. The first-order valence-corrected chi connectivity index (χ1v) is 6.08. The smallest absolute Gasteiger partial charge is 0.252 e. The lowest BCUT2D eigenvalue weighted by atomic mass is 10.1. The predicted octanol–water partition coefficient (Wildman–Crippen LogP) is 1.76. The van der Waals surface area contributed by atoms with Gasteiger partial charge in [0.2, 0.25) is 5.91 Å². The van der Waals surface area contributed by atoms with E-state index in [4.69, 9.17) is 9.26 Å². The van der Waals surface area contributed by atoms with Gasteiger partial charge in [-0.05, 0) is 27.2 Å². The molecule has 18 heavy (non-hydrogen) atoms. The molecule has 0 radical (unpaired) electrons. The average Bonchev–Trinajstić information content (AvgIpc) is 2.73. The van der Waals surface area contributed by atoms with Crippen LogP contribution in [-0.4, -0.2) is 22.2 Å². The fourth-order valence-electron chi connectivity index (χ4n) is 1.39. The van der Waals surface area contributed by atoms with Crippen molar-refractivity contribution in [3.8, 4) is 0 Å². The molecular formula is C12H21N3O3. The fraction of sp³-hybridized carbons (Fsp3) is 0.750. The number of carbonyl (C=O) groups is 1. The van der Waals surface area contributed by atoms with Gasteiger partial charge in [-0.25, -0.2) is 0 Å². The van der Waals surface area contributed by atoms with Gasteiger partial charge in [0.05, 0.1) is 11.6 Å². The molecule has 6 nitrogen and oxygen atoms in total. The molecule has 0 aliphatic carbocycles. The lowest BCUT2D eigenvalue weighted by molar-refractivity contribution is -0.120. The second kappa shape index (κ2) is 5.95. The van der Waals surface area contributed by atoms with E-state index in [2.05, 4.69) is 15.5 Å². The second-order valence-electron chi connectivity index (χ2n) is 4.85. The Balaban J connectivity index is 2.65. The Morgan fingerprint density at radius 2 is 2.22 bits per heavy atom. The fourth-order valence-corrected chi connectivity index (χ4v) is 1.39. The highest BCUT2D eigenvalue weighted by molar-refractivity contribution is 5.73. The van der Waals surface area contributed by atoms with E-state index in [-0.39, 0.29) is 18.6 Å². The van der Waals surface area contributed by atoms with Crippen LogP contribution in [0.2, 0.25) is 0 Å². The zero-order valence-corrected chi connectivity index (χ0v) is 11.6. The zero-order chi connectivity index (χ0) is 13.8. The van der Waals surface area contributed by atoms with Gasteiger partial charge in [0.25, 0.3) is 5.89 Å². The Morgan fingerprint density at radius 3 is 2.78 bits per heavy atom. The summed E-state index contributed by atoms with van der Waals surface area (Å²) in [5, 5.41) is 6.62. The minimum absolute atomic E-state index is 0.137. The van der Waals surface area contributed by atoms with Crippen LogP contribution in [0, 0.1) is 0 Å². The number of rotatable bonds is 6. The van der Waals surface area contributed by atoms with Crippen LogP contribution in [0.1, 0.15) is 52.8 Å². The molecule has 0 aliphatic rings. The van der Waals surface area contributed by atoms with E-state index in [9.17, 15) is 4.79 Å². The van der Waals surface area contributed by atoms with E-state index < -0.39 is 5.54 Å². The van der Waals surface area contributed by atoms with E-state index in [1.807, 2.05) is 27.7 Å². The molecule has 1 aromatic heterocycles. The lowest BCUT2D eigenvalue weighted by Gasteiger charge is -2.20. The third-order valence-corrected chi connectivity index (χ3v) is 2.58. The van der Waals surface area contributed by atoms with E-state index in [0.29, 0.717) is 11.7 Å². The molecule has 0 saturated carbocycles. The van der Waals surface area contributed by atoms with Crippen molar-refractivity contribution in [3.05, 3.63) is 11.7 Å². The Morgan fingerprint density at radius 1 is 1.56 bits per heavy atom. The van der Waals surface area contributed by atoms with Crippen molar-refractivity contribution < 1.29 is 14.1 Å². The maximum absolute atomic E-state index is 11.1. The van der Waals surface area contributed by atoms with Gasteiger partial charge in [0, 0.05) is 6.92 Å². The summed E-state index contributed by atoms with van der Waals surface area (Å²) in [7, 11) is 0. The van der Waals surface area contributed by atoms with Crippen molar-refractivity contribution in [3.63, 3.8) is 0 Å². The number of nitrogens with one attached hydrogen (secondary N) is 1. The van der Waals surface area contributed by atoms with Crippen LogP contribution in [0.4, 0.5) is 0 Å². The largest absolute Gasteiger partial charge is 0.369 e. The number of aromatic nitrogens is 2. The number of carbonyl (C=O) groups excluding carboxylic acids is 1. The van der Waals surface area contributed by atoms with Crippen LogP contribution >= 0.6 is 0 Å². The van der Waals surface area contributed by atoms with Crippen molar-refractivity contribution in [1.29, 1.82) is 0 Å². The van der Waals surface area contributed by atoms with Gasteiger partial charge in [-0.1, -0.05) is 12.1 Å². The molecule has 0 fully saturated rings.